The van der Waals surface area contributed by atoms with Crippen LogP contribution in [0, 0.1) is 12.7 Å². The molecule has 0 aromatic heterocycles. The molecule has 2 atom stereocenters. The lowest BCUT2D eigenvalue weighted by molar-refractivity contribution is -0.0342. The van der Waals surface area contributed by atoms with Gasteiger partial charge in [0.05, 0.1) is 12.2 Å². The zero-order valence-corrected chi connectivity index (χ0v) is 14.1. The highest BCUT2D eigenvalue weighted by atomic mass is 19.1. The van der Waals surface area contributed by atoms with Gasteiger partial charge in [-0.05, 0) is 56.3 Å². The molecule has 0 spiro atoms. The lowest BCUT2D eigenvalue weighted by Crippen LogP contribution is -2.24. The zero-order valence-electron chi connectivity index (χ0n) is 14.1. The fourth-order valence-corrected chi connectivity index (χ4v) is 3.22. The number of rotatable bonds is 4. The van der Waals surface area contributed by atoms with Crippen LogP contribution in [0.2, 0.25) is 0 Å². The molecule has 2 aromatic rings. The number of hydrogen-bond donors (Lipinski definition) is 0. The van der Waals surface area contributed by atoms with E-state index in [0.29, 0.717) is 0 Å². The average molecular weight is 313 g/mol. The van der Waals surface area contributed by atoms with Crippen molar-refractivity contribution in [3.8, 4) is 0 Å². The van der Waals surface area contributed by atoms with Crippen molar-refractivity contribution in [3.05, 3.63) is 70.5 Å². The fraction of sp³-hybridized carbons (Fsp3) is 0.400. The van der Waals surface area contributed by atoms with Crippen LogP contribution in [0.5, 0.6) is 0 Å². The fourth-order valence-electron chi connectivity index (χ4n) is 3.22. The molecule has 1 heterocycles. The van der Waals surface area contributed by atoms with Crippen molar-refractivity contribution in [3.63, 3.8) is 0 Å². The Morgan fingerprint density at radius 2 is 1.87 bits per heavy atom. The van der Waals surface area contributed by atoms with Crippen molar-refractivity contribution in [2.45, 2.75) is 32.0 Å². The highest BCUT2D eigenvalue weighted by Gasteiger charge is 2.28. The number of halogens is 1. The van der Waals surface area contributed by atoms with Gasteiger partial charge < -0.3 is 9.64 Å². The van der Waals surface area contributed by atoms with Crippen LogP contribution >= 0.6 is 0 Å². The van der Waals surface area contributed by atoms with Gasteiger partial charge in [-0.2, -0.15) is 0 Å². The first-order valence-corrected chi connectivity index (χ1v) is 8.18. The van der Waals surface area contributed by atoms with Gasteiger partial charge in [0, 0.05) is 13.0 Å². The minimum atomic E-state index is -0.204. The number of fused-ring (bicyclic) bond motifs is 1. The molecule has 3 rings (SSSR count). The number of hydrogen-bond acceptors (Lipinski definition) is 2. The molecule has 23 heavy (non-hydrogen) atoms. The van der Waals surface area contributed by atoms with Crippen LogP contribution in [0.4, 0.5) is 4.39 Å². The summed E-state index contributed by atoms with van der Waals surface area (Å²) in [6.45, 7) is 3.10. The van der Waals surface area contributed by atoms with Gasteiger partial charge in [-0.15, -0.1) is 0 Å². The van der Waals surface area contributed by atoms with Crippen molar-refractivity contribution < 1.29 is 9.13 Å². The summed E-state index contributed by atoms with van der Waals surface area (Å²) >= 11 is 0. The molecule has 1 aliphatic rings. The maximum absolute atomic E-state index is 13.2. The molecule has 0 aliphatic carbocycles. The van der Waals surface area contributed by atoms with Gasteiger partial charge in [0.15, 0.2) is 0 Å². The van der Waals surface area contributed by atoms with E-state index in [4.69, 9.17) is 4.74 Å². The molecule has 3 heteroatoms. The topological polar surface area (TPSA) is 12.5 Å². The van der Waals surface area contributed by atoms with E-state index in [1.54, 1.807) is 0 Å². The number of aryl methyl sites for hydroxylation is 1. The van der Waals surface area contributed by atoms with Crippen LogP contribution in [0.15, 0.2) is 42.5 Å². The van der Waals surface area contributed by atoms with Gasteiger partial charge in [0.2, 0.25) is 0 Å². The van der Waals surface area contributed by atoms with E-state index in [9.17, 15) is 4.39 Å². The van der Waals surface area contributed by atoms with Gasteiger partial charge in [0.25, 0.3) is 0 Å². The van der Waals surface area contributed by atoms with Crippen molar-refractivity contribution in [1.29, 1.82) is 0 Å². The summed E-state index contributed by atoms with van der Waals surface area (Å²) < 4.78 is 19.6. The first kappa shape index (κ1) is 16.2. The molecule has 0 saturated carbocycles. The summed E-state index contributed by atoms with van der Waals surface area (Å²) in [5.41, 5.74) is 4.98. The summed E-state index contributed by atoms with van der Waals surface area (Å²) in [6, 6.07) is 13.3. The molecule has 1 aliphatic heterocycles. The summed E-state index contributed by atoms with van der Waals surface area (Å²) in [5.74, 6) is -0.204. The van der Waals surface area contributed by atoms with Crippen LogP contribution in [0.1, 0.15) is 40.9 Å². The molecule has 0 N–H and O–H groups in total. The van der Waals surface area contributed by atoms with Crippen molar-refractivity contribution >= 4 is 0 Å². The van der Waals surface area contributed by atoms with E-state index >= 15 is 0 Å². The van der Waals surface area contributed by atoms with Crippen molar-refractivity contribution in [2.24, 2.45) is 0 Å². The molecule has 0 amide bonds. The SMILES string of the molecule is Cc1ccc2c(c1)CC(c1ccc(F)cc1)OC2CCN(C)C. The largest absolute Gasteiger partial charge is 0.365 e. The van der Waals surface area contributed by atoms with E-state index in [0.717, 1.165) is 24.9 Å². The summed E-state index contributed by atoms with van der Waals surface area (Å²) in [4.78, 5) is 2.18. The monoisotopic (exact) mass is 313 g/mol. The Balaban J connectivity index is 1.89. The Hall–Kier alpha value is -1.71. The standard InChI is InChI=1S/C20H24FNO/c1-14-4-9-18-16(12-14)13-20(15-5-7-17(21)8-6-15)23-19(18)10-11-22(2)3/h4-9,12,19-20H,10-11,13H2,1-3H3. The summed E-state index contributed by atoms with van der Waals surface area (Å²) in [7, 11) is 4.16. The second kappa shape index (κ2) is 6.81. The smallest absolute Gasteiger partial charge is 0.123 e. The summed E-state index contributed by atoms with van der Waals surface area (Å²) in [6.07, 6.45) is 1.90. The third kappa shape index (κ3) is 3.80. The van der Waals surface area contributed by atoms with Crippen LogP contribution in [-0.2, 0) is 11.2 Å². The predicted octanol–water partition coefficient (Wildman–Crippen LogP) is 4.44. The van der Waals surface area contributed by atoms with E-state index in [-0.39, 0.29) is 18.0 Å². The van der Waals surface area contributed by atoms with E-state index in [1.807, 2.05) is 12.1 Å². The third-order valence-electron chi connectivity index (χ3n) is 4.46. The Kier molecular flexibility index (Phi) is 4.79. The van der Waals surface area contributed by atoms with E-state index in [1.165, 1.54) is 28.8 Å². The minimum Gasteiger partial charge on any atom is -0.365 e. The summed E-state index contributed by atoms with van der Waals surface area (Å²) in [5, 5.41) is 0. The highest BCUT2D eigenvalue weighted by molar-refractivity contribution is 5.37. The lowest BCUT2D eigenvalue weighted by Gasteiger charge is -2.33. The average Bonchev–Trinajstić information content (AvgIpc) is 2.52. The van der Waals surface area contributed by atoms with E-state index in [2.05, 4.69) is 44.1 Å². The van der Waals surface area contributed by atoms with Gasteiger partial charge in [-0.25, -0.2) is 4.39 Å². The van der Waals surface area contributed by atoms with Gasteiger partial charge in [-0.3, -0.25) is 0 Å². The minimum absolute atomic E-state index is 0.00272. The van der Waals surface area contributed by atoms with Gasteiger partial charge in [-0.1, -0.05) is 35.9 Å². The van der Waals surface area contributed by atoms with Crippen LogP contribution in [0.3, 0.4) is 0 Å². The molecular formula is C20H24FNO. The molecule has 0 bridgehead atoms. The Bertz CT molecular complexity index is 666. The second-order valence-electron chi connectivity index (χ2n) is 6.66. The van der Waals surface area contributed by atoms with Crippen LogP contribution in [0.25, 0.3) is 0 Å². The first-order valence-electron chi connectivity index (χ1n) is 8.18. The number of nitrogens with zero attached hydrogens (tertiary/aromatic N) is 1. The van der Waals surface area contributed by atoms with Crippen molar-refractivity contribution in [1.82, 2.24) is 4.90 Å². The number of benzene rings is 2. The van der Waals surface area contributed by atoms with Crippen LogP contribution in [-0.4, -0.2) is 25.5 Å². The molecular weight excluding hydrogens is 289 g/mol. The van der Waals surface area contributed by atoms with E-state index < -0.39 is 0 Å². The van der Waals surface area contributed by atoms with Crippen LogP contribution < -0.4 is 0 Å². The normalized spacial score (nSPS) is 20.6. The molecule has 2 nitrogen and oxygen atoms in total. The Morgan fingerprint density at radius 3 is 2.57 bits per heavy atom. The van der Waals surface area contributed by atoms with Crippen molar-refractivity contribution in [2.75, 3.05) is 20.6 Å². The third-order valence-corrected chi connectivity index (χ3v) is 4.46. The van der Waals surface area contributed by atoms with Gasteiger partial charge in [0.1, 0.15) is 5.82 Å². The number of ether oxygens (including phenoxy) is 1. The Morgan fingerprint density at radius 1 is 1.13 bits per heavy atom. The first-order chi connectivity index (χ1) is 11.0. The molecule has 122 valence electrons. The second-order valence-corrected chi connectivity index (χ2v) is 6.66. The molecule has 0 saturated heterocycles. The molecule has 2 aromatic carbocycles. The molecule has 0 fully saturated rings. The van der Waals surface area contributed by atoms with Gasteiger partial charge >= 0.3 is 0 Å². The molecule has 0 radical (unpaired) electrons. The zero-order chi connectivity index (χ0) is 16.4. The lowest BCUT2D eigenvalue weighted by atomic mass is 9.89. The maximum atomic E-state index is 13.2. The Labute approximate surface area is 137 Å². The quantitative estimate of drug-likeness (QED) is 0.827. The highest BCUT2D eigenvalue weighted by Crippen LogP contribution is 2.39. The maximum Gasteiger partial charge on any atom is 0.123 e. The molecule has 2 unspecified atom stereocenters. The predicted molar refractivity (Wildman–Crippen MR) is 91.0 cm³/mol.